The molecule has 2 heterocycles. The first-order valence-corrected chi connectivity index (χ1v) is 8.78. The summed E-state index contributed by atoms with van der Waals surface area (Å²) in [6.07, 6.45) is 4.90. The second kappa shape index (κ2) is 8.33. The van der Waals surface area contributed by atoms with E-state index in [2.05, 4.69) is 64.9 Å². The van der Waals surface area contributed by atoms with Crippen molar-refractivity contribution in [2.45, 2.75) is 26.3 Å². The van der Waals surface area contributed by atoms with Crippen LogP contribution in [-0.2, 0) is 6.42 Å². The third-order valence-corrected chi connectivity index (χ3v) is 4.05. The van der Waals surface area contributed by atoms with E-state index in [1.165, 1.54) is 5.56 Å². The van der Waals surface area contributed by atoms with Crippen LogP contribution in [0.15, 0.2) is 65.9 Å². The molecule has 0 aliphatic heterocycles. The number of nitrogens with one attached hydrogen (secondary N) is 2. The summed E-state index contributed by atoms with van der Waals surface area (Å²) in [5.41, 5.74) is 3.28. The minimum absolute atomic E-state index is 0.203. The summed E-state index contributed by atoms with van der Waals surface area (Å²) >= 11 is 0. The Morgan fingerprint density at radius 3 is 2.72 bits per heavy atom. The molecule has 0 aliphatic rings. The minimum atomic E-state index is 0.203. The fourth-order valence-electron chi connectivity index (χ4n) is 2.74. The van der Waals surface area contributed by atoms with E-state index >= 15 is 0 Å². The van der Waals surface area contributed by atoms with Crippen molar-refractivity contribution < 1.29 is 0 Å². The van der Waals surface area contributed by atoms with Gasteiger partial charge in [0.05, 0.1) is 11.7 Å². The van der Waals surface area contributed by atoms with E-state index in [1.54, 1.807) is 0 Å². The summed E-state index contributed by atoms with van der Waals surface area (Å²) in [5.74, 6) is 0.836. The van der Waals surface area contributed by atoms with E-state index in [0.717, 1.165) is 30.3 Å². The molecule has 3 rings (SSSR count). The fraction of sp³-hybridized carbons (Fsp3) is 0.300. The van der Waals surface area contributed by atoms with Crippen molar-refractivity contribution in [2.24, 2.45) is 4.99 Å². The molecule has 1 atom stereocenters. The lowest BCUT2D eigenvalue weighted by molar-refractivity contribution is 0.686. The molecule has 3 aromatic rings. The number of benzene rings is 1. The molecule has 130 valence electrons. The molecule has 5 nitrogen and oxygen atoms in total. The Morgan fingerprint density at radius 2 is 1.96 bits per heavy atom. The molecule has 0 radical (unpaired) electrons. The number of fused-ring (bicyclic) bond motifs is 1. The van der Waals surface area contributed by atoms with Gasteiger partial charge in [-0.2, -0.15) is 0 Å². The lowest BCUT2D eigenvalue weighted by atomic mass is 10.1. The summed E-state index contributed by atoms with van der Waals surface area (Å²) in [6.45, 7) is 5.75. The Hall–Kier alpha value is -2.82. The normalized spacial score (nSPS) is 13.0. The molecule has 0 saturated carbocycles. The van der Waals surface area contributed by atoms with Crippen molar-refractivity contribution >= 4 is 11.6 Å². The molecule has 2 N–H and O–H groups in total. The van der Waals surface area contributed by atoms with Gasteiger partial charge < -0.3 is 15.0 Å². The van der Waals surface area contributed by atoms with Gasteiger partial charge in [-0.25, -0.2) is 4.98 Å². The zero-order valence-corrected chi connectivity index (χ0v) is 14.8. The highest BCUT2D eigenvalue weighted by molar-refractivity contribution is 5.80. The number of imidazole rings is 1. The Balaban J connectivity index is 1.61. The molecule has 25 heavy (non-hydrogen) atoms. The second-order valence-corrected chi connectivity index (χ2v) is 5.99. The lowest BCUT2D eigenvalue weighted by Gasteiger charge is -2.18. The smallest absolute Gasteiger partial charge is 0.191 e. The predicted octanol–water partition coefficient (Wildman–Crippen LogP) is 3.19. The molecule has 5 heteroatoms. The molecule has 0 aliphatic carbocycles. The van der Waals surface area contributed by atoms with E-state index in [0.29, 0.717) is 6.54 Å². The van der Waals surface area contributed by atoms with Crippen LogP contribution in [0.2, 0.25) is 0 Å². The van der Waals surface area contributed by atoms with Gasteiger partial charge >= 0.3 is 0 Å². The number of nitrogens with zero attached hydrogens (tertiary/aromatic N) is 3. The maximum atomic E-state index is 4.69. The first-order chi connectivity index (χ1) is 12.3. The molecular formula is C20H25N5. The zero-order valence-electron chi connectivity index (χ0n) is 14.8. The van der Waals surface area contributed by atoms with Gasteiger partial charge in [-0.15, -0.1) is 0 Å². The summed E-state index contributed by atoms with van der Waals surface area (Å²) < 4.78 is 2.04. The largest absolute Gasteiger partial charge is 0.357 e. The number of pyridine rings is 1. The Kier molecular flexibility index (Phi) is 5.67. The van der Waals surface area contributed by atoms with Crippen LogP contribution in [0.25, 0.3) is 5.65 Å². The molecule has 0 fully saturated rings. The van der Waals surface area contributed by atoms with Gasteiger partial charge in [-0.3, -0.25) is 4.99 Å². The van der Waals surface area contributed by atoms with Crippen molar-refractivity contribution in [1.29, 1.82) is 0 Å². The van der Waals surface area contributed by atoms with E-state index in [9.17, 15) is 0 Å². The van der Waals surface area contributed by atoms with Gasteiger partial charge in [0.25, 0.3) is 0 Å². The highest BCUT2D eigenvalue weighted by atomic mass is 15.2. The van der Waals surface area contributed by atoms with E-state index in [-0.39, 0.29) is 6.04 Å². The van der Waals surface area contributed by atoms with Gasteiger partial charge in [0.2, 0.25) is 0 Å². The van der Waals surface area contributed by atoms with Crippen LogP contribution in [-0.4, -0.2) is 28.4 Å². The van der Waals surface area contributed by atoms with Gasteiger partial charge in [0.1, 0.15) is 5.65 Å². The maximum Gasteiger partial charge on any atom is 0.191 e. The number of hydrogen-bond donors (Lipinski definition) is 2. The van der Waals surface area contributed by atoms with E-state index < -0.39 is 0 Å². The SMILES string of the molecule is CCNC(=NCCc1cn2ccccc2n1)NC(C)c1ccccc1. The summed E-state index contributed by atoms with van der Waals surface area (Å²) in [6, 6.07) is 16.6. The maximum absolute atomic E-state index is 4.69. The van der Waals surface area contributed by atoms with Crippen molar-refractivity contribution in [3.8, 4) is 0 Å². The van der Waals surface area contributed by atoms with Crippen LogP contribution in [0.4, 0.5) is 0 Å². The summed E-state index contributed by atoms with van der Waals surface area (Å²) in [4.78, 5) is 9.31. The van der Waals surface area contributed by atoms with E-state index in [1.807, 2.05) is 34.9 Å². The second-order valence-electron chi connectivity index (χ2n) is 5.99. The monoisotopic (exact) mass is 335 g/mol. The molecular weight excluding hydrogens is 310 g/mol. The number of hydrogen-bond acceptors (Lipinski definition) is 2. The fourth-order valence-corrected chi connectivity index (χ4v) is 2.74. The van der Waals surface area contributed by atoms with Gasteiger partial charge in [0.15, 0.2) is 5.96 Å². The molecule has 2 aromatic heterocycles. The molecule has 0 spiro atoms. The predicted molar refractivity (Wildman–Crippen MR) is 103 cm³/mol. The third kappa shape index (κ3) is 4.59. The van der Waals surface area contributed by atoms with Crippen molar-refractivity contribution in [3.05, 3.63) is 72.2 Å². The number of rotatable bonds is 6. The van der Waals surface area contributed by atoms with E-state index in [4.69, 9.17) is 0 Å². The van der Waals surface area contributed by atoms with Crippen LogP contribution >= 0.6 is 0 Å². The number of aromatic nitrogens is 2. The topological polar surface area (TPSA) is 53.7 Å². The van der Waals surface area contributed by atoms with Crippen molar-refractivity contribution in [2.75, 3.05) is 13.1 Å². The van der Waals surface area contributed by atoms with Gasteiger partial charge in [-0.05, 0) is 31.5 Å². The van der Waals surface area contributed by atoms with Crippen molar-refractivity contribution in [1.82, 2.24) is 20.0 Å². The summed E-state index contributed by atoms with van der Waals surface area (Å²) in [7, 11) is 0. The van der Waals surface area contributed by atoms with Gasteiger partial charge in [-0.1, -0.05) is 36.4 Å². The zero-order chi connectivity index (χ0) is 17.5. The van der Waals surface area contributed by atoms with Crippen LogP contribution < -0.4 is 10.6 Å². The summed E-state index contributed by atoms with van der Waals surface area (Å²) in [5, 5.41) is 6.77. The highest BCUT2D eigenvalue weighted by Crippen LogP contribution is 2.11. The molecule has 1 unspecified atom stereocenters. The molecule has 1 aromatic carbocycles. The first-order valence-electron chi connectivity index (χ1n) is 8.78. The Morgan fingerprint density at radius 1 is 1.16 bits per heavy atom. The van der Waals surface area contributed by atoms with Crippen molar-refractivity contribution in [3.63, 3.8) is 0 Å². The number of guanidine groups is 1. The van der Waals surface area contributed by atoms with Crippen LogP contribution in [0, 0.1) is 0 Å². The Labute approximate surface area is 148 Å². The lowest BCUT2D eigenvalue weighted by Crippen LogP contribution is -2.38. The van der Waals surface area contributed by atoms with Gasteiger partial charge in [0, 0.05) is 31.9 Å². The Bertz CT molecular complexity index is 789. The van der Waals surface area contributed by atoms with Crippen LogP contribution in [0.3, 0.4) is 0 Å². The molecule has 0 bridgehead atoms. The average molecular weight is 335 g/mol. The average Bonchev–Trinajstić information content (AvgIpc) is 3.05. The molecule has 0 saturated heterocycles. The molecule has 0 amide bonds. The first kappa shape index (κ1) is 17.0. The highest BCUT2D eigenvalue weighted by Gasteiger charge is 2.07. The third-order valence-electron chi connectivity index (χ3n) is 4.05. The van der Waals surface area contributed by atoms with Crippen LogP contribution in [0.1, 0.15) is 31.1 Å². The standard InChI is InChI=1S/C20H25N5/c1-3-21-20(23-16(2)17-9-5-4-6-10-17)22-13-12-18-15-25-14-8-7-11-19(25)24-18/h4-11,14-16H,3,12-13H2,1-2H3,(H2,21,22,23). The van der Waals surface area contributed by atoms with Crippen LogP contribution in [0.5, 0.6) is 0 Å². The number of aliphatic imine (C=N–C) groups is 1. The quantitative estimate of drug-likeness (QED) is 0.537. The minimum Gasteiger partial charge on any atom is -0.357 e.